The Labute approximate surface area is 183 Å². The van der Waals surface area contributed by atoms with E-state index in [0.717, 1.165) is 10.4 Å². The first-order valence-electron chi connectivity index (χ1n) is 9.14. The minimum Gasteiger partial charge on any atom is -0.465 e. The van der Waals surface area contributed by atoms with Crippen molar-refractivity contribution >= 4 is 51.3 Å². The molecule has 0 aliphatic carbocycles. The predicted molar refractivity (Wildman–Crippen MR) is 123 cm³/mol. The second kappa shape index (κ2) is 10.00. The van der Waals surface area contributed by atoms with Gasteiger partial charge in [-0.05, 0) is 55.0 Å². The molecule has 30 heavy (non-hydrogen) atoms. The molecule has 0 saturated heterocycles. The van der Waals surface area contributed by atoms with Crippen LogP contribution in [0.3, 0.4) is 0 Å². The van der Waals surface area contributed by atoms with E-state index in [4.69, 9.17) is 21.7 Å². The van der Waals surface area contributed by atoms with Gasteiger partial charge in [0.25, 0.3) is 0 Å². The van der Waals surface area contributed by atoms with E-state index in [-0.39, 0.29) is 5.97 Å². The minimum absolute atomic E-state index is 0.311. The van der Waals surface area contributed by atoms with E-state index in [9.17, 15) is 9.59 Å². The number of rotatable bonds is 6. The van der Waals surface area contributed by atoms with Crippen LogP contribution in [0.15, 0.2) is 60.7 Å². The summed E-state index contributed by atoms with van der Waals surface area (Å²) in [6.45, 7) is 2.08. The maximum atomic E-state index is 12.2. The molecular formula is C22H20N2O4S2. The highest BCUT2D eigenvalue weighted by Crippen LogP contribution is 2.36. The molecule has 8 heteroatoms. The lowest BCUT2D eigenvalue weighted by Crippen LogP contribution is -2.20. The van der Waals surface area contributed by atoms with Crippen LogP contribution in [0.25, 0.3) is 10.4 Å². The molecule has 1 heterocycles. The molecule has 2 N–H and O–H groups in total. The van der Waals surface area contributed by atoms with E-state index in [1.807, 2.05) is 30.3 Å². The summed E-state index contributed by atoms with van der Waals surface area (Å²) in [5, 5.41) is 7.01. The standard InChI is InChI=1S/C22H20N2O4S2/c1-3-28-20(25)15-9-11-16(12-10-15)23-22(29)24-19-17(21(26)27-2)13-18(30-19)14-7-5-4-6-8-14/h4-13H,3H2,1-2H3,(H2,23,24,29). The fourth-order valence-corrected chi connectivity index (χ4v) is 4.00. The number of methoxy groups -OCH3 is 1. The number of hydrogen-bond acceptors (Lipinski definition) is 6. The summed E-state index contributed by atoms with van der Waals surface area (Å²) in [7, 11) is 1.34. The van der Waals surface area contributed by atoms with Gasteiger partial charge >= 0.3 is 11.9 Å². The van der Waals surface area contributed by atoms with Crippen molar-refractivity contribution in [1.29, 1.82) is 0 Å². The first-order valence-corrected chi connectivity index (χ1v) is 10.4. The fourth-order valence-electron chi connectivity index (χ4n) is 2.66. The first kappa shape index (κ1) is 21.5. The van der Waals surface area contributed by atoms with Crippen molar-refractivity contribution in [3.8, 4) is 10.4 Å². The fraction of sp³-hybridized carbons (Fsp3) is 0.136. The predicted octanol–water partition coefficient (Wildman–Crippen LogP) is 5.19. The smallest absolute Gasteiger partial charge is 0.340 e. The molecule has 0 saturated carbocycles. The molecule has 3 rings (SSSR count). The number of thiocarbonyl (C=S) groups is 1. The molecule has 0 radical (unpaired) electrons. The Bertz CT molecular complexity index is 1050. The summed E-state index contributed by atoms with van der Waals surface area (Å²) < 4.78 is 9.87. The summed E-state index contributed by atoms with van der Waals surface area (Å²) in [6.07, 6.45) is 0. The number of anilines is 2. The zero-order chi connectivity index (χ0) is 21.5. The molecule has 0 amide bonds. The van der Waals surface area contributed by atoms with Crippen LogP contribution in [0.1, 0.15) is 27.6 Å². The van der Waals surface area contributed by atoms with Crippen LogP contribution < -0.4 is 10.6 Å². The topological polar surface area (TPSA) is 76.7 Å². The Kier molecular flexibility index (Phi) is 7.16. The van der Waals surface area contributed by atoms with E-state index in [0.29, 0.717) is 33.5 Å². The molecule has 0 spiro atoms. The van der Waals surface area contributed by atoms with Gasteiger partial charge < -0.3 is 20.1 Å². The van der Waals surface area contributed by atoms with Crippen LogP contribution >= 0.6 is 23.6 Å². The Morgan fingerprint density at radius 1 is 1.00 bits per heavy atom. The number of esters is 2. The van der Waals surface area contributed by atoms with E-state index >= 15 is 0 Å². The van der Waals surface area contributed by atoms with E-state index in [1.165, 1.54) is 18.4 Å². The van der Waals surface area contributed by atoms with E-state index in [1.54, 1.807) is 37.3 Å². The van der Waals surface area contributed by atoms with Crippen LogP contribution in [-0.2, 0) is 9.47 Å². The Balaban J connectivity index is 1.75. The molecule has 3 aromatic rings. The normalized spacial score (nSPS) is 10.2. The van der Waals surface area contributed by atoms with Crippen LogP contribution in [0.4, 0.5) is 10.7 Å². The van der Waals surface area contributed by atoms with Gasteiger partial charge in [0.2, 0.25) is 0 Å². The summed E-state index contributed by atoms with van der Waals surface area (Å²) in [5.41, 5.74) is 2.55. The monoisotopic (exact) mass is 440 g/mol. The van der Waals surface area contributed by atoms with E-state index in [2.05, 4.69) is 10.6 Å². The van der Waals surface area contributed by atoms with Crippen LogP contribution in [-0.4, -0.2) is 30.8 Å². The molecular weight excluding hydrogens is 420 g/mol. The molecule has 0 aliphatic rings. The van der Waals surface area contributed by atoms with Crippen molar-refractivity contribution in [2.75, 3.05) is 24.4 Å². The third kappa shape index (κ3) is 5.22. The second-order valence-corrected chi connectivity index (χ2v) is 7.55. The second-order valence-electron chi connectivity index (χ2n) is 6.09. The van der Waals surface area contributed by atoms with Crippen molar-refractivity contribution in [3.63, 3.8) is 0 Å². The van der Waals surface area contributed by atoms with Crippen LogP contribution in [0.2, 0.25) is 0 Å². The number of carbonyl (C=O) groups is 2. The molecule has 0 bridgehead atoms. The lowest BCUT2D eigenvalue weighted by Gasteiger charge is -2.11. The van der Waals surface area contributed by atoms with Crippen molar-refractivity contribution in [1.82, 2.24) is 0 Å². The summed E-state index contributed by atoms with van der Waals surface area (Å²) in [5.74, 6) is -0.822. The van der Waals surface area contributed by atoms with Gasteiger partial charge in [-0.25, -0.2) is 9.59 Å². The molecule has 154 valence electrons. The Morgan fingerprint density at radius 3 is 2.33 bits per heavy atom. The highest BCUT2D eigenvalue weighted by molar-refractivity contribution is 7.80. The molecule has 2 aromatic carbocycles. The first-order chi connectivity index (χ1) is 14.5. The third-order valence-electron chi connectivity index (χ3n) is 4.08. The number of benzene rings is 2. The van der Waals surface area contributed by atoms with Crippen molar-refractivity contribution in [2.24, 2.45) is 0 Å². The lowest BCUT2D eigenvalue weighted by molar-refractivity contribution is 0.0525. The van der Waals surface area contributed by atoms with Gasteiger partial charge in [0, 0.05) is 10.6 Å². The highest BCUT2D eigenvalue weighted by atomic mass is 32.1. The number of carbonyl (C=O) groups excluding carboxylic acids is 2. The van der Waals surface area contributed by atoms with Crippen LogP contribution in [0, 0.1) is 0 Å². The van der Waals surface area contributed by atoms with Crippen molar-refractivity contribution in [3.05, 3.63) is 71.8 Å². The van der Waals surface area contributed by atoms with Gasteiger partial charge in [-0.2, -0.15) is 0 Å². The van der Waals surface area contributed by atoms with Gasteiger partial charge in [-0.15, -0.1) is 11.3 Å². The number of hydrogen-bond donors (Lipinski definition) is 2. The number of nitrogens with one attached hydrogen (secondary N) is 2. The molecule has 0 unspecified atom stereocenters. The molecule has 0 aliphatic heterocycles. The maximum Gasteiger partial charge on any atom is 0.340 e. The van der Waals surface area contributed by atoms with Gasteiger partial charge in [0.05, 0.1) is 24.8 Å². The van der Waals surface area contributed by atoms with Gasteiger partial charge in [0.15, 0.2) is 5.11 Å². The third-order valence-corrected chi connectivity index (χ3v) is 5.38. The number of thiophene rings is 1. The van der Waals surface area contributed by atoms with Gasteiger partial charge in [0.1, 0.15) is 5.00 Å². The largest absolute Gasteiger partial charge is 0.465 e. The van der Waals surface area contributed by atoms with Gasteiger partial charge in [-0.3, -0.25) is 0 Å². The summed E-state index contributed by atoms with van der Waals surface area (Å²) in [4.78, 5) is 24.9. The lowest BCUT2D eigenvalue weighted by atomic mass is 10.1. The average molecular weight is 441 g/mol. The SMILES string of the molecule is CCOC(=O)c1ccc(NC(=S)Nc2sc(-c3ccccc3)cc2C(=O)OC)cc1. The Hall–Kier alpha value is -3.23. The molecule has 0 atom stereocenters. The molecule has 0 fully saturated rings. The van der Waals surface area contributed by atoms with Crippen molar-refractivity contribution in [2.45, 2.75) is 6.92 Å². The highest BCUT2D eigenvalue weighted by Gasteiger charge is 2.18. The zero-order valence-corrected chi connectivity index (χ0v) is 18.1. The quantitative estimate of drug-likeness (QED) is 0.404. The minimum atomic E-state index is -0.447. The number of ether oxygens (including phenoxy) is 2. The zero-order valence-electron chi connectivity index (χ0n) is 16.4. The maximum absolute atomic E-state index is 12.2. The molecule has 1 aromatic heterocycles. The molecule has 6 nitrogen and oxygen atoms in total. The average Bonchev–Trinajstić information content (AvgIpc) is 3.18. The van der Waals surface area contributed by atoms with Crippen molar-refractivity contribution < 1.29 is 19.1 Å². The summed E-state index contributed by atoms with van der Waals surface area (Å²) in [6, 6.07) is 18.3. The summed E-state index contributed by atoms with van der Waals surface area (Å²) >= 11 is 6.80. The Morgan fingerprint density at radius 2 is 1.70 bits per heavy atom. The van der Waals surface area contributed by atoms with Gasteiger partial charge in [-0.1, -0.05) is 30.3 Å². The van der Waals surface area contributed by atoms with Crippen LogP contribution in [0.5, 0.6) is 0 Å². The van der Waals surface area contributed by atoms with E-state index < -0.39 is 5.97 Å².